The number of halogens is 2. The molecule has 0 spiro atoms. The lowest BCUT2D eigenvalue weighted by atomic mass is 10.1. The third-order valence-electron chi connectivity index (χ3n) is 4.90. The van der Waals surface area contributed by atoms with Gasteiger partial charge in [0.2, 0.25) is 12.3 Å². The maximum absolute atomic E-state index is 12.2. The molecule has 2 aromatic rings. The minimum atomic E-state index is -2.37. The van der Waals surface area contributed by atoms with Crippen molar-refractivity contribution in [3.8, 4) is 11.5 Å². The van der Waals surface area contributed by atoms with Crippen molar-refractivity contribution in [3.05, 3.63) is 48.2 Å². The van der Waals surface area contributed by atoms with Gasteiger partial charge in [0.25, 0.3) is 0 Å². The lowest BCUT2D eigenvalue weighted by Gasteiger charge is -2.19. The molecule has 30 heavy (non-hydrogen) atoms. The van der Waals surface area contributed by atoms with Crippen molar-refractivity contribution >= 4 is 11.7 Å². The summed E-state index contributed by atoms with van der Waals surface area (Å²) < 4.78 is 35.7. The quantitative estimate of drug-likeness (QED) is 0.666. The van der Waals surface area contributed by atoms with Crippen molar-refractivity contribution in [3.63, 3.8) is 0 Å². The van der Waals surface area contributed by atoms with Crippen LogP contribution < -0.4 is 19.7 Å². The molecule has 1 aliphatic heterocycles. The van der Waals surface area contributed by atoms with Gasteiger partial charge in [0.05, 0.1) is 25.4 Å². The van der Waals surface area contributed by atoms with Crippen LogP contribution >= 0.6 is 0 Å². The number of benzene rings is 1. The van der Waals surface area contributed by atoms with Crippen LogP contribution in [0.1, 0.15) is 38.3 Å². The summed E-state index contributed by atoms with van der Waals surface area (Å²) in [5, 5.41) is 2.86. The predicted octanol–water partition coefficient (Wildman–Crippen LogP) is 3.97. The molecule has 1 aromatic heterocycles. The molecule has 0 bridgehead atoms. The highest BCUT2D eigenvalue weighted by atomic mass is 19.3. The molecular weight excluding hydrogens is 392 g/mol. The van der Waals surface area contributed by atoms with E-state index < -0.39 is 6.43 Å². The van der Waals surface area contributed by atoms with E-state index in [1.807, 2.05) is 37.3 Å². The molecule has 0 radical (unpaired) electrons. The number of amides is 1. The van der Waals surface area contributed by atoms with Crippen LogP contribution in [0.5, 0.6) is 11.5 Å². The van der Waals surface area contributed by atoms with Crippen molar-refractivity contribution in [1.82, 2.24) is 10.3 Å². The zero-order valence-corrected chi connectivity index (χ0v) is 17.2. The number of nitrogens with one attached hydrogen (secondary N) is 1. The zero-order valence-electron chi connectivity index (χ0n) is 17.2. The van der Waals surface area contributed by atoms with Gasteiger partial charge in [0.15, 0.2) is 0 Å². The Labute approximate surface area is 175 Å². The van der Waals surface area contributed by atoms with Gasteiger partial charge in [-0.05, 0) is 36.8 Å². The van der Waals surface area contributed by atoms with Crippen LogP contribution in [0.2, 0.25) is 0 Å². The fourth-order valence-corrected chi connectivity index (χ4v) is 3.36. The van der Waals surface area contributed by atoms with E-state index in [4.69, 9.17) is 9.47 Å². The second kappa shape index (κ2) is 10.2. The largest absolute Gasteiger partial charge is 0.492 e. The first-order valence-electron chi connectivity index (χ1n) is 10.1. The number of pyridine rings is 1. The first kappa shape index (κ1) is 21.8. The average Bonchev–Trinajstić information content (AvgIpc) is 3.17. The van der Waals surface area contributed by atoms with Crippen molar-refractivity contribution < 1.29 is 23.0 Å². The molecule has 1 fully saturated rings. The van der Waals surface area contributed by atoms with E-state index in [1.54, 1.807) is 12.3 Å². The van der Waals surface area contributed by atoms with Crippen LogP contribution in [0.4, 0.5) is 14.6 Å². The molecule has 2 heterocycles. The van der Waals surface area contributed by atoms with Gasteiger partial charge in [-0.1, -0.05) is 12.1 Å². The van der Waals surface area contributed by atoms with Gasteiger partial charge < -0.3 is 19.7 Å². The summed E-state index contributed by atoms with van der Waals surface area (Å²) in [5.74, 6) is 2.02. The summed E-state index contributed by atoms with van der Waals surface area (Å²) in [6, 6.07) is 11.3. The van der Waals surface area contributed by atoms with E-state index >= 15 is 0 Å². The first-order valence-corrected chi connectivity index (χ1v) is 10.1. The number of nitrogens with zero attached hydrogens (tertiary/aromatic N) is 2. The van der Waals surface area contributed by atoms with Gasteiger partial charge in [-0.25, -0.2) is 13.8 Å². The summed E-state index contributed by atoms with van der Waals surface area (Å²) in [4.78, 5) is 17.7. The van der Waals surface area contributed by atoms with Gasteiger partial charge in [-0.3, -0.25) is 4.79 Å². The maximum atomic E-state index is 12.2. The number of carbonyl (C=O) groups excluding carboxylic acids is 1. The number of anilines is 1. The Morgan fingerprint density at radius 3 is 2.60 bits per heavy atom. The minimum Gasteiger partial charge on any atom is -0.492 e. The van der Waals surface area contributed by atoms with Crippen molar-refractivity contribution in [2.75, 3.05) is 24.6 Å². The van der Waals surface area contributed by atoms with E-state index in [1.165, 1.54) is 6.92 Å². The van der Waals surface area contributed by atoms with Gasteiger partial charge in [0, 0.05) is 26.3 Å². The van der Waals surface area contributed by atoms with E-state index in [-0.39, 0.29) is 31.1 Å². The molecule has 8 heteroatoms. The number of hydrogen-bond acceptors (Lipinski definition) is 5. The van der Waals surface area contributed by atoms with E-state index in [0.717, 1.165) is 30.1 Å². The van der Waals surface area contributed by atoms with Crippen LogP contribution in [-0.4, -0.2) is 43.1 Å². The summed E-state index contributed by atoms with van der Waals surface area (Å²) in [5.41, 5.74) is 1.02. The Morgan fingerprint density at radius 2 is 1.97 bits per heavy atom. The number of rotatable bonds is 9. The molecule has 1 amide bonds. The second-order valence-corrected chi connectivity index (χ2v) is 7.35. The number of hydrogen-bond donors (Lipinski definition) is 1. The second-order valence-electron chi connectivity index (χ2n) is 7.35. The zero-order chi connectivity index (χ0) is 21.5. The highest BCUT2D eigenvalue weighted by molar-refractivity contribution is 5.73. The topological polar surface area (TPSA) is 63.7 Å². The Hall–Kier alpha value is -2.90. The summed E-state index contributed by atoms with van der Waals surface area (Å²) in [7, 11) is 0. The summed E-state index contributed by atoms with van der Waals surface area (Å²) in [6.45, 7) is 4.95. The van der Waals surface area contributed by atoms with Crippen LogP contribution in [0.15, 0.2) is 42.6 Å². The number of carbonyl (C=O) groups is 1. The van der Waals surface area contributed by atoms with Gasteiger partial charge >= 0.3 is 0 Å². The minimum absolute atomic E-state index is 0.0271. The van der Waals surface area contributed by atoms with Gasteiger partial charge in [0.1, 0.15) is 23.4 Å². The Morgan fingerprint density at radius 1 is 1.23 bits per heavy atom. The average molecular weight is 419 g/mol. The highest BCUT2D eigenvalue weighted by Crippen LogP contribution is 2.25. The van der Waals surface area contributed by atoms with E-state index in [9.17, 15) is 13.6 Å². The first-order chi connectivity index (χ1) is 14.4. The summed E-state index contributed by atoms with van der Waals surface area (Å²) in [6.07, 6.45) is -0.175. The maximum Gasteiger partial charge on any atom is 0.241 e. The smallest absolute Gasteiger partial charge is 0.241 e. The molecule has 1 aromatic carbocycles. The molecular formula is C22H27F2N3O3. The number of aromatic nitrogens is 1. The van der Waals surface area contributed by atoms with Crippen molar-refractivity contribution in [1.29, 1.82) is 0 Å². The SMILES string of the molecule is CC(=O)N[C@@H](C)c1ccc(OC2CCN(c3ccc(OCCC(F)F)cn3)C2)cc1. The van der Waals surface area contributed by atoms with E-state index in [2.05, 4.69) is 15.2 Å². The lowest BCUT2D eigenvalue weighted by Crippen LogP contribution is -2.25. The van der Waals surface area contributed by atoms with Gasteiger partial charge in [-0.15, -0.1) is 0 Å². The third-order valence-corrected chi connectivity index (χ3v) is 4.90. The third kappa shape index (κ3) is 6.30. The van der Waals surface area contributed by atoms with Gasteiger partial charge in [-0.2, -0.15) is 0 Å². The molecule has 1 saturated heterocycles. The van der Waals surface area contributed by atoms with Crippen LogP contribution in [-0.2, 0) is 4.79 Å². The summed E-state index contributed by atoms with van der Waals surface area (Å²) >= 11 is 0. The standard InChI is InChI=1S/C22H27F2N3O3/c1-15(26-16(2)28)17-3-5-18(6-4-17)30-20-9-11-27(14-20)22-8-7-19(13-25-22)29-12-10-21(23)24/h3-8,13,15,20-21H,9-12,14H2,1-2H3,(H,26,28)/t15-,20?/m0/s1. The molecule has 1 unspecified atom stereocenters. The van der Waals surface area contributed by atoms with Crippen LogP contribution in [0.3, 0.4) is 0 Å². The fraction of sp³-hybridized carbons (Fsp3) is 0.455. The number of ether oxygens (including phenoxy) is 2. The Kier molecular flexibility index (Phi) is 7.43. The molecule has 0 saturated carbocycles. The predicted molar refractivity (Wildman–Crippen MR) is 110 cm³/mol. The van der Waals surface area contributed by atoms with Crippen LogP contribution in [0, 0.1) is 0 Å². The van der Waals surface area contributed by atoms with E-state index in [0.29, 0.717) is 12.3 Å². The fourth-order valence-electron chi connectivity index (χ4n) is 3.36. The van der Waals surface area contributed by atoms with Crippen LogP contribution in [0.25, 0.3) is 0 Å². The molecule has 162 valence electrons. The number of alkyl halides is 2. The monoisotopic (exact) mass is 419 g/mol. The Bertz CT molecular complexity index is 815. The highest BCUT2D eigenvalue weighted by Gasteiger charge is 2.25. The molecule has 1 N–H and O–H groups in total. The molecule has 6 nitrogen and oxygen atoms in total. The molecule has 1 aliphatic rings. The molecule has 2 atom stereocenters. The normalized spacial score (nSPS) is 17.1. The Balaban J connectivity index is 1.49. The molecule has 0 aliphatic carbocycles. The molecule has 3 rings (SSSR count). The lowest BCUT2D eigenvalue weighted by molar-refractivity contribution is -0.119. The van der Waals surface area contributed by atoms with Crippen molar-refractivity contribution in [2.45, 2.75) is 45.3 Å². The van der Waals surface area contributed by atoms with Crippen molar-refractivity contribution in [2.24, 2.45) is 0 Å².